The second-order valence-electron chi connectivity index (χ2n) is 3.69. The number of esters is 1. The second-order valence-corrected chi connectivity index (χ2v) is 6.63. The summed E-state index contributed by atoms with van der Waals surface area (Å²) in [7, 11) is -3.78. The maximum absolute atomic E-state index is 11.7. The Kier molecular flexibility index (Phi) is 6.95. The highest BCUT2D eigenvalue weighted by molar-refractivity contribution is 7.91. The fourth-order valence-corrected chi connectivity index (χ4v) is 3.16. The van der Waals surface area contributed by atoms with E-state index < -0.39 is 41.1 Å². The van der Waals surface area contributed by atoms with Gasteiger partial charge in [0.05, 0.1) is 6.61 Å². The van der Waals surface area contributed by atoms with Crippen molar-refractivity contribution in [3.05, 3.63) is 17.5 Å². The standard InChI is InChI=1S/C11H14N2O7S2/c1-2-19-11(16)13-8(14)7-20-9(15)6-12-22(17,18)10-4-3-5-21-10/h3-5,12H,2,6-7H2,1H3,(H,13,14,16). The minimum atomic E-state index is -3.78. The van der Waals surface area contributed by atoms with Crippen LogP contribution in [0.3, 0.4) is 0 Å². The average Bonchev–Trinajstić information content (AvgIpc) is 2.98. The van der Waals surface area contributed by atoms with Gasteiger partial charge in [-0.1, -0.05) is 6.07 Å². The van der Waals surface area contributed by atoms with Crippen molar-refractivity contribution in [3.63, 3.8) is 0 Å². The third-order valence-electron chi connectivity index (χ3n) is 2.05. The molecule has 1 heterocycles. The lowest BCUT2D eigenvalue weighted by atomic mass is 10.6. The van der Waals surface area contributed by atoms with Crippen LogP contribution in [0.5, 0.6) is 0 Å². The largest absolute Gasteiger partial charge is 0.455 e. The number of sulfonamides is 1. The highest BCUT2D eigenvalue weighted by Crippen LogP contribution is 2.14. The van der Waals surface area contributed by atoms with Crippen LogP contribution in [0.2, 0.25) is 0 Å². The van der Waals surface area contributed by atoms with Crippen LogP contribution in [0.15, 0.2) is 21.7 Å². The number of ether oxygens (including phenoxy) is 2. The van der Waals surface area contributed by atoms with Crippen LogP contribution in [-0.4, -0.2) is 46.1 Å². The molecule has 0 aliphatic rings. The molecule has 0 aromatic carbocycles. The molecule has 0 unspecified atom stereocenters. The highest BCUT2D eigenvalue weighted by atomic mass is 32.2. The number of carbonyl (C=O) groups is 3. The van der Waals surface area contributed by atoms with Crippen LogP contribution in [-0.2, 0) is 29.1 Å². The molecule has 22 heavy (non-hydrogen) atoms. The zero-order valence-corrected chi connectivity index (χ0v) is 13.2. The third-order valence-corrected chi connectivity index (χ3v) is 4.85. The Morgan fingerprint density at radius 3 is 2.59 bits per heavy atom. The van der Waals surface area contributed by atoms with E-state index in [9.17, 15) is 22.8 Å². The monoisotopic (exact) mass is 350 g/mol. The number of imide groups is 1. The minimum Gasteiger partial charge on any atom is -0.455 e. The second kappa shape index (κ2) is 8.46. The molecular formula is C11H14N2O7S2. The van der Waals surface area contributed by atoms with Gasteiger partial charge >= 0.3 is 12.1 Å². The number of thiophene rings is 1. The fourth-order valence-electron chi connectivity index (χ4n) is 1.16. The molecule has 0 spiro atoms. The van der Waals surface area contributed by atoms with Gasteiger partial charge < -0.3 is 9.47 Å². The van der Waals surface area contributed by atoms with Crippen molar-refractivity contribution in [2.45, 2.75) is 11.1 Å². The van der Waals surface area contributed by atoms with Crippen molar-refractivity contribution in [1.29, 1.82) is 0 Å². The smallest absolute Gasteiger partial charge is 0.413 e. The van der Waals surface area contributed by atoms with E-state index in [-0.39, 0.29) is 10.8 Å². The Labute approximate surface area is 130 Å². The van der Waals surface area contributed by atoms with E-state index in [2.05, 4.69) is 9.47 Å². The van der Waals surface area contributed by atoms with E-state index in [0.717, 1.165) is 11.3 Å². The normalized spacial score (nSPS) is 10.8. The number of amides is 2. The average molecular weight is 350 g/mol. The maximum atomic E-state index is 11.7. The van der Waals surface area contributed by atoms with E-state index >= 15 is 0 Å². The van der Waals surface area contributed by atoms with E-state index in [1.54, 1.807) is 18.4 Å². The molecule has 1 aromatic rings. The molecule has 11 heteroatoms. The Morgan fingerprint density at radius 2 is 2.00 bits per heavy atom. The number of nitrogens with one attached hydrogen (secondary N) is 2. The van der Waals surface area contributed by atoms with Gasteiger partial charge in [0.1, 0.15) is 10.8 Å². The van der Waals surface area contributed by atoms with Gasteiger partial charge in [0.2, 0.25) is 0 Å². The predicted molar refractivity (Wildman–Crippen MR) is 75.6 cm³/mol. The van der Waals surface area contributed by atoms with Gasteiger partial charge in [-0.2, -0.15) is 4.72 Å². The van der Waals surface area contributed by atoms with Crippen LogP contribution in [0.4, 0.5) is 4.79 Å². The molecule has 2 amide bonds. The number of rotatable bonds is 7. The van der Waals surface area contributed by atoms with E-state index in [0.29, 0.717) is 0 Å². The summed E-state index contributed by atoms with van der Waals surface area (Å²) in [5, 5.41) is 3.39. The predicted octanol–water partition coefficient (Wildman–Crippen LogP) is -0.158. The topological polar surface area (TPSA) is 128 Å². The number of alkyl carbamates (subject to hydrolysis) is 1. The summed E-state index contributed by atoms with van der Waals surface area (Å²) < 4.78 is 34.5. The lowest BCUT2D eigenvalue weighted by Gasteiger charge is -2.06. The highest BCUT2D eigenvalue weighted by Gasteiger charge is 2.17. The zero-order chi connectivity index (χ0) is 16.6. The van der Waals surface area contributed by atoms with Gasteiger partial charge in [0.15, 0.2) is 6.61 Å². The first-order chi connectivity index (χ1) is 10.3. The van der Waals surface area contributed by atoms with Gasteiger partial charge in [-0.15, -0.1) is 11.3 Å². The van der Waals surface area contributed by atoms with Crippen molar-refractivity contribution in [2.75, 3.05) is 19.8 Å². The molecule has 0 aliphatic carbocycles. The molecule has 0 fully saturated rings. The van der Waals surface area contributed by atoms with Crippen LogP contribution >= 0.6 is 11.3 Å². The SMILES string of the molecule is CCOC(=O)NC(=O)COC(=O)CNS(=O)(=O)c1cccs1. The van der Waals surface area contributed by atoms with Crippen molar-refractivity contribution in [2.24, 2.45) is 0 Å². The molecule has 2 N–H and O–H groups in total. The summed E-state index contributed by atoms with van der Waals surface area (Å²) in [6, 6.07) is 2.93. The van der Waals surface area contributed by atoms with Gasteiger partial charge in [-0.3, -0.25) is 14.9 Å². The first-order valence-corrected chi connectivity index (χ1v) is 8.37. The van der Waals surface area contributed by atoms with Crippen molar-refractivity contribution in [3.8, 4) is 0 Å². The van der Waals surface area contributed by atoms with Crippen molar-refractivity contribution >= 4 is 39.3 Å². The summed E-state index contributed by atoms with van der Waals surface area (Å²) in [6.07, 6.45) is -0.957. The Hall–Kier alpha value is -1.98. The summed E-state index contributed by atoms with van der Waals surface area (Å²) in [5.74, 6) is -1.84. The Balaban J connectivity index is 2.32. The Morgan fingerprint density at radius 1 is 1.27 bits per heavy atom. The Bertz CT molecular complexity index is 625. The minimum absolute atomic E-state index is 0.0559. The molecule has 1 rings (SSSR count). The van der Waals surface area contributed by atoms with Gasteiger partial charge in [-0.25, -0.2) is 13.2 Å². The van der Waals surface area contributed by atoms with Crippen LogP contribution in [0, 0.1) is 0 Å². The molecule has 122 valence electrons. The molecule has 0 aliphatic heterocycles. The molecule has 9 nitrogen and oxygen atoms in total. The molecule has 0 saturated carbocycles. The van der Waals surface area contributed by atoms with Crippen molar-refractivity contribution < 1.29 is 32.3 Å². The summed E-state index contributed by atoms with van der Waals surface area (Å²) >= 11 is 0.993. The van der Waals surface area contributed by atoms with Crippen LogP contribution in [0.25, 0.3) is 0 Å². The summed E-state index contributed by atoms with van der Waals surface area (Å²) in [6.45, 7) is 0.290. The van der Waals surface area contributed by atoms with Gasteiger partial charge in [0, 0.05) is 0 Å². The van der Waals surface area contributed by atoms with Gasteiger partial charge in [0.25, 0.3) is 15.9 Å². The lowest BCUT2D eigenvalue weighted by molar-refractivity contribution is -0.147. The first kappa shape index (κ1) is 18.1. The van der Waals surface area contributed by atoms with E-state index in [1.807, 2.05) is 10.0 Å². The summed E-state index contributed by atoms with van der Waals surface area (Å²) in [5.41, 5.74) is 0. The number of hydrogen-bond acceptors (Lipinski definition) is 8. The lowest BCUT2D eigenvalue weighted by Crippen LogP contribution is -2.36. The van der Waals surface area contributed by atoms with Gasteiger partial charge in [-0.05, 0) is 18.4 Å². The van der Waals surface area contributed by atoms with Crippen LogP contribution in [0.1, 0.15) is 6.92 Å². The summed E-state index contributed by atoms with van der Waals surface area (Å²) in [4.78, 5) is 33.4. The molecule has 0 saturated heterocycles. The molecule has 0 bridgehead atoms. The number of hydrogen-bond donors (Lipinski definition) is 2. The maximum Gasteiger partial charge on any atom is 0.413 e. The van der Waals surface area contributed by atoms with E-state index in [1.165, 1.54) is 6.07 Å². The van der Waals surface area contributed by atoms with Crippen LogP contribution < -0.4 is 10.0 Å². The third kappa shape index (κ3) is 6.20. The molecular weight excluding hydrogens is 336 g/mol. The molecule has 1 aromatic heterocycles. The molecule has 0 radical (unpaired) electrons. The van der Waals surface area contributed by atoms with E-state index in [4.69, 9.17) is 0 Å². The first-order valence-electron chi connectivity index (χ1n) is 6.00. The quantitative estimate of drug-likeness (QED) is 0.654. The zero-order valence-electron chi connectivity index (χ0n) is 11.5. The fraction of sp³-hybridized carbons (Fsp3) is 0.364. The van der Waals surface area contributed by atoms with Crippen molar-refractivity contribution in [1.82, 2.24) is 10.0 Å². The molecule has 0 atom stereocenters. The number of carbonyl (C=O) groups excluding carboxylic acids is 3.